The van der Waals surface area contributed by atoms with Crippen molar-refractivity contribution in [3.05, 3.63) is 75.8 Å². The number of methoxy groups -OCH3 is 1. The molecule has 0 aliphatic carbocycles. The smallest absolute Gasteiger partial charge is 0.490 e. The third kappa shape index (κ3) is 9.06. The first kappa shape index (κ1) is 34.4. The number of carbonyl (C=O) groups is 2. The van der Waals surface area contributed by atoms with Crippen LogP contribution in [0.15, 0.2) is 58.8 Å². The van der Waals surface area contributed by atoms with Crippen LogP contribution in [-0.2, 0) is 38.1 Å². The quantitative estimate of drug-likeness (QED) is 0.206. The summed E-state index contributed by atoms with van der Waals surface area (Å²) in [5.74, 6) is -2.16. The summed E-state index contributed by atoms with van der Waals surface area (Å²) in [7, 11) is -2.07. The lowest BCUT2D eigenvalue weighted by atomic mass is 9.96. The molecule has 5 rings (SSSR count). The number of hydrogen-bond acceptors (Lipinski definition) is 8. The Balaban J connectivity index is 0.000000591. The number of aryl methyl sites for hydroxylation is 1. The second-order valence-corrected chi connectivity index (χ2v) is 14.3. The summed E-state index contributed by atoms with van der Waals surface area (Å²) in [6.07, 6.45) is -0.725. The van der Waals surface area contributed by atoms with E-state index in [4.69, 9.17) is 31.3 Å². The van der Waals surface area contributed by atoms with Crippen LogP contribution < -0.4 is 10.1 Å². The van der Waals surface area contributed by atoms with Gasteiger partial charge in [0.2, 0.25) is 0 Å². The van der Waals surface area contributed by atoms with Gasteiger partial charge in [-0.3, -0.25) is 9.48 Å². The number of thiophene rings is 1. The van der Waals surface area contributed by atoms with Gasteiger partial charge in [-0.1, -0.05) is 48.4 Å². The summed E-state index contributed by atoms with van der Waals surface area (Å²) < 4.78 is 66.1. The predicted molar refractivity (Wildman–Crippen MR) is 165 cm³/mol. The number of fused-ring (bicyclic) bond motifs is 1. The maximum Gasteiger partial charge on any atom is 0.490 e. The summed E-state index contributed by atoms with van der Waals surface area (Å²) in [5.41, 5.74) is 3.35. The minimum atomic E-state index is -5.08. The van der Waals surface area contributed by atoms with Crippen molar-refractivity contribution < 1.29 is 41.0 Å². The summed E-state index contributed by atoms with van der Waals surface area (Å²) in [6.45, 7) is 1.37. The van der Waals surface area contributed by atoms with Crippen LogP contribution in [0, 0.1) is 0 Å². The molecule has 0 amide bonds. The summed E-state index contributed by atoms with van der Waals surface area (Å²) in [4.78, 5) is 21.5. The number of benzene rings is 2. The Kier molecular flexibility index (Phi) is 11.3. The molecule has 1 fully saturated rings. The molecule has 0 spiro atoms. The van der Waals surface area contributed by atoms with Gasteiger partial charge in [0.25, 0.3) is 0 Å². The first-order valence-corrected chi connectivity index (χ1v) is 16.8. The Labute approximate surface area is 266 Å². The van der Waals surface area contributed by atoms with Crippen molar-refractivity contribution in [3.63, 3.8) is 0 Å². The zero-order chi connectivity index (χ0) is 32.8. The number of carbonyl (C=O) groups excluding carboxylic acids is 1. The summed E-state index contributed by atoms with van der Waals surface area (Å²) >= 11 is 7.03. The number of aliphatic carboxylic acids is 1. The van der Waals surface area contributed by atoms with Gasteiger partial charge in [-0.05, 0) is 61.2 Å². The number of sulfone groups is 1. The van der Waals surface area contributed by atoms with Gasteiger partial charge >= 0.3 is 12.1 Å². The number of hydrogen-bond donors (Lipinski definition) is 2. The molecule has 15 heteroatoms. The molecular formula is C30H31ClF3N3O6S2. The lowest BCUT2D eigenvalue weighted by Gasteiger charge is -2.22. The van der Waals surface area contributed by atoms with Gasteiger partial charge in [-0.25, -0.2) is 13.2 Å². The Morgan fingerprint density at radius 3 is 2.47 bits per heavy atom. The van der Waals surface area contributed by atoms with Gasteiger partial charge < -0.3 is 15.2 Å². The van der Waals surface area contributed by atoms with Crippen molar-refractivity contribution in [2.24, 2.45) is 0 Å². The zero-order valence-corrected chi connectivity index (χ0v) is 26.5. The van der Waals surface area contributed by atoms with Crippen LogP contribution in [0.5, 0.6) is 5.75 Å². The maximum absolute atomic E-state index is 13.1. The van der Waals surface area contributed by atoms with Crippen molar-refractivity contribution in [3.8, 4) is 5.75 Å². The molecule has 1 aliphatic rings. The van der Waals surface area contributed by atoms with E-state index in [1.54, 1.807) is 13.2 Å². The molecule has 3 heterocycles. The topological polar surface area (TPSA) is 128 Å². The van der Waals surface area contributed by atoms with Crippen LogP contribution in [0.3, 0.4) is 0 Å². The third-order valence-corrected chi connectivity index (χ3v) is 10.6. The summed E-state index contributed by atoms with van der Waals surface area (Å²) in [6, 6.07) is 16.8. The van der Waals surface area contributed by atoms with E-state index in [-0.39, 0.29) is 21.8 Å². The van der Waals surface area contributed by atoms with E-state index >= 15 is 0 Å². The van der Waals surface area contributed by atoms with Crippen LogP contribution in [0.1, 0.15) is 42.5 Å². The monoisotopic (exact) mass is 685 g/mol. The highest BCUT2D eigenvalue weighted by Crippen LogP contribution is 2.33. The molecule has 2 N–H and O–H groups in total. The van der Waals surface area contributed by atoms with Crippen LogP contribution in [-0.4, -0.2) is 60.9 Å². The number of alkyl halides is 3. The number of ketones is 1. The highest BCUT2D eigenvalue weighted by atomic mass is 35.5. The van der Waals surface area contributed by atoms with E-state index in [0.717, 1.165) is 53.8 Å². The Morgan fingerprint density at radius 1 is 1.13 bits per heavy atom. The molecule has 0 bridgehead atoms. The number of carboxylic acid groups (broad SMARTS) is 1. The number of nitrogens with one attached hydrogen (secondary N) is 1. The number of nitrogens with zero attached hydrogens (tertiary/aromatic N) is 2. The second-order valence-electron chi connectivity index (χ2n) is 10.4. The van der Waals surface area contributed by atoms with Gasteiger partial charge in [-0.15, -0.1) is 11.3 Å². The Bertz CT molecular complexity index is 1770. The predicted octanol–water partition coefficient (Wildman–Crippen LogP) is 6.06. The van der Waals surface area contributed by atoms with Crippen molar-refractivity contribution in [2.75, 3.05) is 13.7 Å². The fourth-order valence-electron chi connectivity index (χ4n) is 5.01. The first-order chi connectivity index (χ1) is 21.3. The van der Waals surface area contributed by atoms with Crippen molar-refractivity contribution in [2.45, 2.75) is 60.8 Å². The average molecular weight is 686 g/mol. The number of Topliss-reactive ketones (excluding diaryl/α,β-unsaturated/α-hetero) is 1. The zero-order valence-electron chi connectivity index (χ0n) is 24.1. The van der Waals surface area contributed by atoms with Crippen molar-refractivity contribution >= 4 is 55.4 Å². The van der Waals surface area contributed by atoms with Crippen LogP contribution in [0.2, 0.25) is 4.34 Å². The van der Waals surface area contributed by atoms with Gasteiger partial charge in [0, 0.05) is 6.42 Å². The van der Waals surface area contributed by atoms with Crippen LogP contribution in [0.4, 0.5) is 13.2 Å². The molecular weight excluding hydrogens is 655 g/mol. The Morgan fingerprint density at radius 2 is 1.84 bits per heavy atom. The van der Waals surface area contributed by atoms with Gasteiger partial charge in [0.1, 0.15) is 21.5 Å². The van der Waals surface area contributed by atoms with E-state index in [1.165, 1.54) is 6.07 Å². The molecule has 9 nitrogen and oxygen atoms in total. The molecule has 2 aromatic carbocycles. The second kappa shape index (κ2) is 14.8. The molecule has 1 saturated heterocycles. The SMILES string of the molecule is COc1cccc2c1c(CS(=O)(=O)c1ccc(Cl)s1)nn2Cc1cccc(CCC(=O)[C@@H]2CCCCN2)c1.O=C(O)C(F)(F)F. The molecule has 242 valence electrons. The van der Waals surface area contributed by atoms with E-state index in [1.807, 2.05) is 41.1 Å². The molecule has 0 saturated carbocycles. The highest BCUT2D eigenvalue weighted by Gasteiger charge is 2.38. The molecule has 1 atom stereocenters. The van der Waals surface area contributed by atoms with Gasteiger partial charge in [0.15, 0.2) is 9.84 Å². The minimum absolute atomic E-state index is 0.0164. The van der Waals surface area contributed by atoms with E-state index < -0.39 is 22.0 Å². The van der Waals surface area contributed by atoms with Gasteiger partial charge in [0.05, 0.1) is 40.6 Å². The fraction of sp³-hybridized carbons (Fsp3) is 0.367. The standard InChI is InChI=1S/C28H30ClN3O4S2.C2HF3O2/c1-36-25-10-5-9-23-28(25)22(18-38(34,35)27-14-13-26(29)37-27)31-32(23)17-20-7-4-6-19(16-20)11-12-24(33)21-8-2-3-15-30-21;3-2(4,5)1(6)7/h4-7,9-10,13-14,16,21,30H,2-3,8,11-12,15,17-18H2,1H3;(H,6,7)/t21-;/m0./s1. The fourth-order valence-corrected chi connectivity index (χ4v) is 7.85. The minimum Gasteiger partial charge on any atom is -0.496 e. The molecule has 4 aromatic rings. The van der Waals surface area contributed by atoms with E-state index in [9.17, 15) is 26.4 Å². The number of rotatable bonds is 10. The first-order valence-electron chi connectivity index (χ1n) is 13.9. The third-order valence-electron chi connectivity index (χ3n) is 7.14. The van der Waals surface area contributed by atoms with Gasteiger partial charge in [-0.2, -0.15) is 18.3 Å². The number of ether oxygens (including phenoxy) is 1. The number of carboxylic acids is 1. The largest absolute Gasteiger partial charge is 0.496 e. The van der Waals surface area contributed by atoms with Crippen LogP contribution >= 0.6 is 22.9 Å². The molecule has 2 aromatic heterocycles. The lowest BCUT2D eigenvalue weighted by Crippen LogP contribution is -2.40. The highest BCUT2D eigenvalue weighted by molar-refractivity contribution is 7.92. The van der Waals surface area contributed by atoms with Crippen molar-refractivity contribution in [1.82, 2.24) is 15.1 Å². The lowest BCUT2D eigenvalue weighted by molar-refractivity contribution is -0.192. The number of halogens is 4. The molecule has 45 heavy (non-hydrogen) atoms. The van der Waals surface area contributed by atoms with Crippen LogP contribution in [0.25, 0.3) is 10.9 Å². The van der Waals surface area contributed by atoms with E-state index in [0.29, 0.717) is 40.6 Å². The van der Waals surface area contributed by atoms with E-state index in [2.05, 4.69) is 11.4 Å². The normalized spacial score (nSPS) is 15.4. The number of piperidine rings is 1. The maximum atomic E-state index is 13.1. The molecule has 0 radical (unpaired) electrons. The molecule has 1 aliphatic heterocycles. The summed E-state index contributed by atoms with van der Waals surface area (Å²) in [5, 5.41) is 15.9. The van der Waals surface area contributed by atoms with Crippen molar-refractivity contribution in [1.29, 1.82) is 0 Å². The Hall–Kier alpha value is -3.46. The average Bonchev–Trinajstić information content (AvgIpc) is 3.60. The number of aromatic nitrogens is 2. The molecule has 0 unspecified atom stereocenters.